The molecule has 2 heteroatoms. The zero-order valence-electron chi connectivity index (χ0n) is 12.9. The van der Waals surface area contributed by atoms with Crippen LogP contribution in [0, 0.1) is 25.6 Å². The van der Waals surface area contributed by atoms with E-state index in [2.05, 4.69) is 29.6 Å². The molecule has 110 valence electrons. The SMILES string of the molecule is CNC(c1cc(C)c(F)c(C)c1)C1Cc2ccccc2C1. The molecule has 21 heavy (non-hydrogen) atoms. The van der Waals surface area contributed by atoms with Crippen molar-refractivity contribution in [1.82, 2.24) is 5.32 Å². The molecule has 1 nitrogen and oxygen atoms in total. The second-order valence-electron chi connectivity index (χ2n) is 6.17. The third-order valence-corrected chi connectivity index (χ3v) is 4.68. The van der Waals surface area contributed by atoms with Crippen LogP contribution in [0.25, 0.3) is 0 Å². The Morgan fingerprint density at radius 2 is 1.57 bits per heavy atom. The largest absolute Gasteiger partial charge is 0.313 e. The second kappa shape index (κ2) is 5.61. The van der Waals surface area contributed by atoms with Gasteiger partial charge < -0.3 is 5.32 Å². The average Bonchev–Trinajstić information content (AvgIpc) is 2.89. The first kappa shape index (κ1) is 14.3. The number of rotatable bonds is 3. The van der Waals surface area contributed by atoms with Gasteiger partial charge in [-0.3, -0.25) is 0 Å². The summed E-state index contributed by atoms with van der Waals surface area (Å²) in [6.07, 6.45) is 2.19. The van der Waals surface area contributed by atoms with Crippen LogP contribution in [0.4, 0.5) is 4.39 Å². The molecule has 0 saturated heterocycles. The standard InChI is InChI=1S/C19H22FN/c1-12-8-16(9-13(2)18(12)20)19(21-3)17-10-14-6-4-5-7-15(14)11-17/h4-9,17,19,21H,10-11H2,1-3H3. The molecule has 0 radical (unpaired) electrons. The third-order valence-electron chi connectivity index (χ3n) is 4.68. The zero-order chi connectivity index (χ0) is 15.0. The summed E-state index contributed by atoms with van der Waals surface area (Å²) >= 11 is 0. The van der Waals surface area contributed by atoms with Crippen molar-refractivity contribution in [3.63, 3.8) is 0 Å². The van der Waals surface area contributed by atoms with Crippen molar-refractivity contribution in [3.05, 3.63) is 70.0 Å². The van der Waals surface area contributed by atoms with Crippen LogP contribution in [0.1, 0.15) is 33.9 Å². The molecule has 0 aliphatic heterocycles. The second-order valence-corrected chi connectivity index (χ2v) is 6.17. The quantitative estimate of drug-likeness (QED) is 0.893. The minimum atomic E-state index is -0.0803. The molecule has 1 atom stereocenters. The van der Waals surface area contributed by atoms with Gasteiger partial charge in [-0.25, -0.2) is 4.39 Å². The van der Waals surface area contributed by atoms with Crippen molar-refractivity contribution in [3.8, 4) is 0 Å². The first-order chi connectivity index (χ1) is 10.1. The molecular formula is C19H22FN. The number of hydrogen-bond acceptors (Lipinski definition) is 1. The van der Waals surface area contributed by atoms with E-state index in [4.69, 9.17) is 0 Å². The van der Waals surface area contributed by atoms with E-state index in [1.807, 2.05) is 33.0 Å². The molecule has 1 unspecified atom stereocenters. The number of benzene rings is 2. The molecule has 1 aliphatic rings. The van der Waals surface area contributed by atoms with Crippen molar-refractivity contribution in [1.29, 1.82) is 0 Å². The summed E-state index contributed by atoms with van der Waals surface area (Å²) in [6, 6.07) is 12.9. The molecule has 0 amide bonds. The number of nitrogens with one attached hydrogen (secondary N) is 1. The van der Waals surface area contributed by atoms with Gasteiger partial charge in [-0.1, -0.05) is 36.4 Å². The fourth-order valence-corrected chi connectivity index (χ4v) is 3.66. The Bertz CT molecular complexity index is 614. The lowest BCUT2D eigenvalue weighted by atomic mass is 9.89. The lowest BCUT2D eigenvalue weighted by Crippen LogP contribution is -2.26. The molecule has 0 heterocycles. The maximum absolute atomic E-state index is 13.8. The van der Waals surface area contributed by atoms with Gasteiger partial charge in [0.2, 0.25) is 0 Å². The minimum absolute atomic E-state index is 0.0803. The lowest BCUT2D eigenvalue weighted by Gasteiger charge is -2.24. The minimum Gasteiger partial charge on any atom is -0.313 e. The smallest absolute Gasteiger partial charge is 0.129 e. The van der Waals surface area contributed by atoms with E-state index in [9.17, 15) is 4.39 Å². The van der Waals surface area contributed by atoms with E-state index < -0.39 is 0 Å². The van der Waals surface area contributed by atoms with Gasteiger partial charge in [0.25, 0.3) is 0 Å². The maximum Gasteiger partial charge on any atom is 0.129 e. The molecule has 2 aromatic rings. The highest BCUT2D eigenvalue weighted by atomic mass is 19.1. The highest BCUT2D eigenvalue weighted by molar-refractivity contribution is 5.36. The maximum atomic E-state index is 13.8. The molecule has 2 aromatic carbocycles. The van der Waals surface area contributed by atoms with Crippen LogP contribution in [0.3, 0.4) is 0 Å². The van der Waals surface area contributed by atoms with Crippen molar-refractivity contribution >= 4 is 0 Å². The van der Waals surface area contributed by atoms with Crippen molar-refractivity contribution < 1.29 is 4.39 Å². The molecular weight excluding hydrogens is 261 g/mol. The third kappa shape index (κ3) is 2.60. The summed E-state index contributed by atoms with van der Waals surface area (Å²) in [4.78, 5) is 0. The van der Waals surface area contributed by atoms with E-state index in [0.717, 1.165) is 24.0 Å². The van der Waals surface area contributed by atoms with Crippen LogP contribution in [-0.2, 0) is 12.8 Å². The van der Waals surface area contributed by atoms with E-state index in [1.54, 1.807) is 0 Å². The lowest BCUT2D eigenvalue weighted by molar-refractivity contribution is 0.396. The summed E-state index contributed by atoms with van der Waals surface area (Å²) in [6.45, 7) is 3.70. The Balaban J connectivity index is 1.91. The van der Waals surface area contributed by atoms with E-state index >= 15 is 0 Å². The predicted molar refractivity (Wildman–Crippen MR) is 85.0 cm³/mol. The van der Waals surface area contributed by atoms with E-state index in [0.29, 0.717) is 5.92 Å². The van der Waals surface area contributed by atoms with Crippen LogP contribution < -0.4 is 5.32 Å². The molecule has 0 aromatic heterocycles. The van der Waals surface area contributed by atoms with Crippen molar-refractivity contribution in [2.45, 2.75) is 32.7 Å². The summed E-state index contributed by atoms with van der Waals surface area (Å²) in [5.41, 5.74) is 5.59. The van der Waals surface area contributed by atoms with Crippen LogP contribution >= 0.6 is 0 Å². The van der Waals surface area contributed by atoms with Crippen molar-refractivity contribution in [2.75, 3.05) is 7.05 Å². The summed E-state index contributed by atoms with van der Waals surface area (Å²) in [5, 5.41) is 3.45. The molecule has 3 rings (SSSR count). The van der Waals surface area contributed by atoms with Gasteiger partial charge in [-0.2, -0.15) is 0 Å². The molecule has 1 aliphatic carbocycles. The van der Waals surface area contributed by atoms with Gasteiger partial charge in [-0.15, -0.1) is 0 Å². The molecule has 0 fully saturated rings. The fraction of sp³-hybridized carbons (Fsp3) is 0.368. The first-order valence-electron chi connectivity index (χ1n) is 7.61. The normalized spacial score (nSPS) is 16.0. The highest BCUT2D eigenvalue weighted by Gasteiger charge is 2.29. The number of hydrogen-bond donors (Lipinski definition) is 1. The summed E-state index contributed by atoms with van der Waals surface area (Å²) in [7, 11) is 2.00. The van der Waals surface area contributed by atoms with Gasteiger partial charge in [0.1, 0.15) is 5.82 Å². The van der Waals surface area contributed by atoms with Crippen LogP contribution in [0.2, 0.25) is 0 Å². The number of fused-ring (bicyclic) bond motifs is 1. The van der Waals surface area contributed by atoms with Gasteiger partial charge in [0.15, 0.2) is 0 Å². The zero-order valence-corrected chi connectivity index (χ0v) is 12.9. The van der Waals surface area contributed by atoms with E-state index in [-0.39, 0.29) is 11.9 Å². The first-order valence-corrected chi connectivity index (χ1v) is 7.61. The fourth-order valence-electron chi connectivity index (χ4n) is 3.66. The Hall–Kier alpha value is -1.67. The average molecular weight is 283 g/mol. The monoisotopic (exact) mass is 283 g/mol. The van der Waals surface area contributed by atoms with Gasteiger partial charge in [0, 0.05) is 6.04 Å². The molecule has 0 spiro atoms. The van der Waals surface area contributed by atoms with Gasteiger partial charge >= 0.3 is 0 Å². The van der Waals surface area contributed by atoms with Crippen LogP contribution in [0.15, 0.2) is 36.4 Å². The number of aryl methyl sites for hydroxylation is 2. The Kier molecular flexibility index (Phi) is 3.81. The Morgan fingerprint density at radius 1 is 1.05 bits per heavy atom. The van der Waals surface area contributed by atoms with Crippen LogP contribution in [0.5, 0.6) is 0 Å². The predicted octanol–water partition coefficient (Wildman–Crippen LogP) is 4.12. The van der Waals surface area contributed by atoms with Crippen molar-refractivity contribution in [2.24, 2.45) is 5.92 Å². The molecule has 1 N–H and O–H groups in total. The van der Waals surface area contributed by atoms with Gasteiger partial charge in [-0.05, 0) is 67.5 Å². The van der Waals surface area contributed by atoms with Crippen LogP contribution in [-0.4, -0.2) is 7.05 Å². The molecule has 0 bridgehead atoms. The summed E-state index contributed by atoms with van der Waals surface area (Å²) in [5.74, 6) is 0.458. The summed E-state index contributed by atoms with van der Waals surface area (Å²) < 4.78 is 13.8. The topological polar surface area (TPSA) is 12.0 Å². The number of halogens is 1. The van der Waals surface area contributed by atoms with E-state index in [1.165, 1.54) is 16.7 Å². The molecule has 0 saturated carbocycles. The van der Waals surface area contributed by atoms with Gasteiger partial charge in [0.05, 0.1) is 0 Å². The Morgan fingerprint density at radius 3 is 2.05 bits per heavy atom. The highest BCUT2D eigenvalue weighted by Crippen LogP contribution is 2.35. The Labute approximate surface area is 126 Å².